The van der Waals surface area contributed by atoms with Crippen LogP contribution in [0.15, 0.2) is 48.5 Å². The Morgan fingerprint density at radius 2 is 1.58 bits per heavy atom. The Morgan fingerprint density at radius 1 is 0.935 bits per heavy atom. The van der Waals surface area contributed by atoms with Crippen molar-refractivity contribution in [2.75, 3.05) is 38.0 Å². The van der Waals surface area contributed by atoms with Crippen LogP contribution in [0.5, 0.6) is 0 Å². The fourth-order valence-corrected chi connectivity index (χ4v) is 4.24. The van der Waals surface area contributed by atoms with E-state index >= 15 is 0 Å². The van der Waals surface area contributed by atoms with Gasteiger partial charge in [0.2, 0.25) is 11.8 Å². The summed E-state index contributed by atoms with van der Waals surface area (Å²) < 4.78 is 0. The summed E-state index contributed by atoms with van der Waals surface area (Å²) in [6.07, 6.45) is 2.16. The highest BCUT2D eigenvalue weighted by molar-refractivity contribution is 5.93. The van der Waals surface area contributed by atoms with Gasteiger partial charge in [0, 0.05) is 37.9 Å². The molecule has 6 heteroatoms. The minimum absolute atomic E-state index is 0.0111. The topological polar surface area (TPSA) is 64.7 Å². The van der Waals surface area contributed by atoms with Gasteiger partial charge >= 0.3 is 0 Å². The zero-order chi connectivity index (χ0) is 21.8. The molecule has 1 heterocycles. The van der Waals surface area contributed by atoms with E-state index in [-0.39, 0.29) is 17.9 Å². The summed E-state index contributed by atoms with van der Waals surface area (Å²) in [4.78, 5) is 30.0. The molecule has 6 nitrogen and oxygen atoms in total. The van der Waals surface area contributed by atoms with Crippen LogP contribution in [0.4, 0.5) is 5.69 Å². The van der Waals surface area contributed by atoms with Crippen molar-refractivity contribution in [2.24, 2.45) is 0 Å². The van der Waals surface area contributed by atoms with Gasteiger partial charge in [-0.1, -0.05) is 48.5 Å². The summed E-state index contributed by atoms with van der Waals surface area (Å²) in [6.45, 7) is 7.44. The molecule has 1 aliphatic carbocycles. The number of amides is 2. The van der Waals surface area contributed by atoms with E-state index in [2.05, 4.69) is 20.4 Å². The molecule has 4 rings (SSSR count). The first kappa shape index (κ1) is 21.5. The van der Waals surface area contributed by atoms with Gasteiger partial charge in [0.25, 0.3) is 0 Å². The first-order valence-corrected chi connectivity index (χ1v) is 11.2. The molecule has 1 aliphatic heterocycles. The molecular formula is C25H32N4O2. The van der Waals surface area contributed by atoms with Crippen molar-refractivity contribution in [1.29, 1.82) is 0 Å². The maximum atomic E-state index is 13.0. The predicted molar refractivity (Wildman–Crippen MR) is 123 cm³/mol. The Bertz CT molecular complexity index is 898. The minimum atomic E-state index is -0.271. The number of aryl methyl sites for hydroxylation is 2. The van der Waals surface area contributed by atoms with E-state index in [9.17, 15) is 9.59 Å². The largest absolute Gasteiger partial charge is 0.352 e. The van der Waals surface area contributed by atoms with Crippen molar-refractivity contribution < 1.29 is 9.59 Å². The number of nitrogens with zero attached hydrogens (tertiary/aromatic N) is 2. The number of para-hydroxylation sites is 1. The van der Waals surface area contributed by atoms with Crippen molar-refractivity contribution in [3.8, 4) is 0 Å². The number of carbonyl (C=O) groups is 2. The highest BCUT2D eigenvalue weighted by Crippen LogP contribution is 2.26. The molecular weight excluding hydrogens is 388 g/mol. The Kier molecular flexibility index (Phi) is 6.68. The lowest BCUT2D eigenvalue weighted by Gasteiger charge is -2.38. The second-order valence-corrected chi connectivity index (χ2v) is 8.72. The molecule has 0 radical (unpaired) electrons. The molecule has 1 atom stereocenters. The molecule has 0 unspecified atom stereocenters. The van der Waals surface area contributed by atoms with Gasteiger partial charge in [-0.15, -0.1) is 0 Å². The second-order valence-electron chi connectivity index (χ2n) is 8.72. The highest BCUT2D eigenvalue weighted by Gasteiger charge is 2.33. The van der Waals surface area contributed by atoms with Crippen LogP contribution >= 0.6 is 0 Å². The molecule has 2 aromatic carbocycles. The second kappa shape index (κ2) is 9.62. The standard InChI is InChI=1S/C25H32N4O2/c1-18-7-6-8-19(2)23(18)27-22(30)17-28-13-15-29(16-14-28)24(20-9-4-3-5-10-20)25(31)26-21-11-12-21/h3-10,21,24H,11-17H2,1-2H3,(H,26,31)(H,27,30)/t24-/m0/s1. The minimum Gasteiger partial charge on any atom is -0.352 e. The van der Waals surface area contributed by atoms with Gasteiger partial charge in [-0.25, -0.2) is 0 Å². The highest BCUT2D eigenvalue weighted by atomic mass is 16.2. The first-order valence-electron chi connectivity index (χ1n) is 11.2. The molecule has 1 saturated heterocycles. The lowest BCUT2D eigenvalue weighted by atomic mass is 10.0. The lowest BCUT2D eigenvalue weighted by Crippen LogP contribution is -2.52. The Labute approximate surface area is 184 Å². The normalized spacial score (nSPS) is 18.4. The van der Waals surface area contributed by atoms with E-state index in [0.29, 0.717) is 12.6 Å². The third kappa shape index (κ3) is 5.51. The number of nitrogens with one attached hydrogen (secondary N) is 2. The van der Waals surface area contributed by atoms with Crippen LogP contribution in [-0.2, 0) is 9.59 Å². The average molecular weight is 421 g/mol. The van der Waals surface area contributed by atoms with Crippen LogP contribution in [0, 0.1) is 13.8 Å². The molecule has 2 N–H and O–H groups in total. The van der Waals surface area contributed by atoms with E-state index in [1.54, 1.807) is 0 Å². The number of benzene rings is 2. The fraction of sp³-hybridized carbons (Fsp3) is 0.440. The molecule has 1 saturated carbocycles. The van der Waals surface area contributed by atoms with Crippen LogP contribution in [0.2, 0.25) is 0 Å². The van der Waals surface area contributed by atoms with Gasteiger partial charge in [0.05, 0.1) is 6.54 Å². The number of hydrogen-bond donors (Lipinski definition) is 2. The van der Waals surface area contributed by atoms with Crippen molar-refractivity contribution >= 4 is 17.5 Å². The summed E-state index contributed by atoms with van der Waals surface area (Å²) in [7, 11) is 0. The monoisotopic (exact) mass is 420 g/mol. The Hall–Kier alpha value is -2.70. The molecule has 0 spiro atoms. The summed E-state index contributed by atoms with van der Waals surface area (Å²) in [6, 6.07) is 16.1. The molecule has 2 amide bonds. The maximum Gasteiger partial charge on any atom is 0.242 e. The smallest absolute Gasteiger partial charge is 0.242 e. The molecule has 2 aromatic rings. The van der Waals surface area contributed by atoms with Gasteiger partial charge in [0.1, 0.15) is 6.04 Å². The summed E-state index contributed by atoms with van der Waals surface area (Å²) in [5.74, 6) is 0.104. The third-order valence-electron chi connectivity index (χ3n) is 6.17. The van der Waals surface area contributed by atoms with Crippen LogP contribution in [0.25, 0.3) is 0 Å². The van der Waals surface area contributed by atoms with Crippen molar-refractivity contribution in [2.45, 2.75) is 38.8 Å². The summed E-state index contributed by atoms with van der Waals surface area (Å²) in [5.41, 5.74) is 4.09. The van der Waals surface area contributed by atoms with Crippen LogP contribution in [-0.4, -0.2) is 60.4 Å². The van der Waals surface area contributed by atoms with E-state index in [0.717, 1.165) is 61.4 Å². The molecule has 31 heavy (non-hydrogen) atoms. The number of rotatable bonds is 7. The van der Waals surface area contributed by atoms with Crippen LogP contribution in [0.1, 0.15) is 35.6 Å². The van der Waals surface area contributed by atoms with Crippen LogP contribution in [0.3, 0.4) is 0 Å². The number of piperazine rings is 1. The van der Waals surface area contributed by atoms with Gasteiger partial charge < -0.3 is 10.6 Å². The maximum absolute atomic E-state index is 13.0. The summed E-state index contributed by atoms with van der Waals surface area (Å²) in [5, 5.41) is 6.25. The van der Waals surface area contributed by atoms with Crippen molar-refractivity contribution in [3.05, 3.63) is 65.2 Å². The van der Waals surface area contributed by atoms with Gasteiger partial charge in [0.15, 0.2) is 0 Å². The molecule has 0 bridgehead atoms. The van der Waals surface area contributed by atoms with Gasteiger partial charge in [-0.3, -0.25) is 19.4 Å². The van der Waals surface area contributed by atoms with Crippen molar-refractivity contribution in [3.63, 3.8) is 0 Å². The number of hydrogen-bond acceptors (Lipinski definition) is 4. The molecule has 2 aliphatic rings. The summed E-state index contributed by atoms with van der Waals surface area (Å²) >= 11 is 0. The lowest BCUT2D eigenvalue weighted by molar-refractivity contribution is -0.128. The zero-order valence-corrected chi connectivity index (χ0v) is 18.4. The SMILES string of the molecule is Cc1cccc(C)c1NC(=O)CN1CCN([C@H](C(=O)NC2CC2)c2ccccc2)CC1. The van der Waals surface area contributed by atoms with E-state index < -0.39 is 0 Å². The quantitative estimate of drug-likeness (QED) is 0.723. The molecule has 2 fully saturated rings. The average Bonchev–Trinajstić information content (AvgIpc) is 3.57. The molecule has 164 valence electrons. The first-order chi connectivity index (χ1) is 15.0. The van der Waals surface area contributed by atoms with E-state index in [4.69, 9.17) is 0 Å². The zero-order valence-electron chi connectivity index (χ0n) is 18.4. The van der Waals surface area contributed by atoms with Crippen molar-refractivity contribution in [1.82, 2.24) is 15.1 Å². The molecule has 0 aromatic heterocycles. The number of carbonyl (C=O) groups excluding carboxylic acids is 2. The van der Waals surface area contributed by atoms with E-state index in [1.165, 1.54) is 0 Å². The number of anilines is 1. The Balaban J connectivity index is 1.35. The Morgan fingerprint density at radius 3 is 2.19 bits per heavy atom. The third-order valence-corrected chi connectivity index (χ3v) is 6.17. The van der Waals surface area contributed by atoms with Gasteiger partial charge in [-0.2, -0.15) is 0 Å². The van der Waals surface area contributed by atoms with E-state index in [1.807, 2.05) is 62.4 Å². The van der Waals surface area contributed by atoms with Crippen LogP contribution < -0.4 is 10.6 Å². The predicted octanol–water partition coefficient (Wildman–Crippen LogP) is 2.88. The fourth-order valence-electron chi connectivity index (χ4n) is 4.24. The van der Waals surface area contributed by atoms with Gasteiger partial charge in [-0.05, 0) is 43.4 Å².